The van der Waals surface area contributed by atoms with Crippen molar-refractivity contribution in [1.82, 2.24) is 4.90 Å². The van der Waals surface area contributed by atoms with Gasteiger partial charge in [-0.05, 0) is 75.5 Å². The molecule has 138 valence electrons. The molecule has 3 saturated heterocycles. The van der Waals surface area contributed by atoms with Gasteiger partial charge in [0.2, 0.25) is 0 Å². The molecule has 1 N–H and O–H groups in total. The molecule has 1 amide bonds. The van der Waals surface area contributed by atoms with Crippen LogP contribution in [0.4, 0.5) is 14.9 Å². The van der Waals surface area contributed by atoms with Gasteiger partial charge >= 0.3 is 6.09 Å². The number of carbonyl (C=O) groups excluding carboxylic acids is 1. The van der Waals surface area contributed by atoms with E-state index in [4.69, 9.17) is 9.15 Å². The van der Waals surface area contributed by atoms with Crippen molar-refractivity contribution in [2.24, 2.45) is 5.92 Å². The second kappa shape index (κ2) is 7.11. The maximum atomic E-state index is 13.7. The topological polar surface area (TPSA) is 54.7 Å². The average molecular weight is 358 g/mol. The van der Waals surface area contributed by atoms with Crippen molar-refractivity contribution in [1.29, 1.82) is 0 Å². The lowest BCUT2D eigenvalue weighted by atomic mass is 9.92. The summed E-state index contributed by atoms with van der Waals surface area (Å²) in [5.74, 6) is 1.28. The summed E-state index contributed by atoms with van der Waals surface area (Å²) < 4.78 is 25.0. The van der Waals surface area contributed by atoms with Crippen LogP contribution in [-0.4, -0.2) is 36.7 Å². The SMILES string of the molecule is Cc1ccc(-c2cc(F)ccc2NC(=O)OC2CN3CCCC2CC3)o1. The number of nitrogens with one attached hydrogen (secondary N) is 1. The minimum absolute atomic E-state index is 0.0824. The van der Waals surface area contributed by atoms with Crippen LogP contribution >= 0.6 is 0 Å². The summed E-state index contributed by atoms with van der Waals surface area (Å²) in [5.41, 5.74) is 0.978. The summed E-state index contributed by atoms with van der Waals surface area (Å²) in [6.07, 6.45) is 2.75. The Morgan fingerprint density at radius 1 is 1.27 bits per heavy atom. The monoisotopic (exact) mass is 358 g/mol. The van der Waals surface area contributed by atoms with Crippen molar-refractivity contribution in [2.75, 3.05) is 25.0 Å². The first-order valence-corrected chi connectivity index (χ1v) is 9.15. The Hall–Kier alpha value is -2.34. The van der Waals surface area contributed by atoms with Crippen LogP contribution in [0.3, 0.4) is 0 Å². The molecule has 3 aliphatic rings. The number of amides is 1. The minimum atomic E-state index is -0.500. The number of hydrogen-bond donors (Lipinski definition) is 1. The minimum Gasteiger partial charge on any atom is -0.461 e. The van der Waals surface area contributed by atoms with Crippen molar-refractivity contribution < 1.29 is 18.3 Å². The molecule has 5 rings (SSSR count). The van der Waals surface area contributed by atoms with Crippen LogP contribution in [0.25, 0.3) is 11.3 Å². The van der Waals surface area contributed by atoms with E-state index in [1.165, 1.54) is 18.2 Å². The summed E-state index contributed by atoms with van der Waals surface area (Å²) in [7, 11) is 0. The molecule has 4 heterocycles. The summed E-state index contributed by atoms with van der Waals surface area (Å²) in [5, 5.41) is 2.77. The highest BCUT2D eigenvalue weighted by Gasteiger charge is 2.34. The molecule has 26 heavy (non-hydrogen) atoms. The molecule has 2 aromatic rings. The third-order valence-electron chi connectivity index (χ3n) is 5.31. The molecule has 6 heteroatoms. The van der Waals surface area contributed by atoms with Crippen molar-refractivity contribution in [3.8, 4) is 11.3 Å². The van der Waals surface area contributed by atoms with Gasteiger partial charge in [-0.15, -0.1) is 0 Å². The van der Waals surface area contributed by atoms with Gasteiger partial charge < -0.3 is 9.15 Å². The van der Waals surface area contributed by atoms with Gasteiger partial charge in [0.1, 0.15) is 23.4 Å². The highest BCUT2D eigenvalue weighted by atomic mass is 19.1. The number of hydrogen-bond acceptors (Lipinski definition) is 4. The molecule has 0 radical (unpaired) electrons. The summed E-state index contributed by atoms with van der Waals surface area (Å²) in [4.78, 5) is 14.8. The van der Waals surface area contributed by atoms with Gasteiger partial charge in [0.05, 0.1) is 5.69 Å². The Labute approximate surface area is 152 Å². The first-order valence-electron chi connectivity index (χ1n) is 9.15. The van der Waals surface area contributed by atoms with Gasteiger partial charge in [0.25, 0.3) is 0 Å². The van der Waals surface area contributed by atoms with E-state index in [1.807, 2.05) is 6.92 Å². The summed E-state index contributed by atoms with van der Waals surface area (Å²) in [6, 6.07) is 7.77. The number of rotatable bonds is 3. The number of nitrogens with zero attached hydrogens (tertiary/aromatic N) is 1. The number of furan rings is 1. The van der Waals surface area contributed by atoms with Gasteiger partial charge in [0, 0.05) is 12.1 Å². The van der Waals surface area contributed by atoms with Crippen molar-refractivity contribution >= 4 is 11.8 Å². The number of anilines is 1. The summed E-state index contributed by atoms with van der Waals surface area (Å²) in [6.45, 7) is 4.79. The van der Waals surface area contributed by atoms with Crippen LogP contribution in [0.2, 0.25) is 0 Å². The molecule has 1 aromatic heterocycles. The molecule has 0 saturated carbocycles. The smallest absolute Gasteiger partial charge is 0.411 e. The molecule has 2 bridgehead atoms. The van der Waals surface area contributed by atoms with Gasteiger partial charge in [-0.2, -0.15) is 0 Å². The molecule has 3 atom stereocenters. The molecule has 1 aromatic carbocycles. The van der Waals surface area contributed by atoms with Crippen LogP contribution in [-0.2, 0) is 4.74 Å². The van der Waals surface area contributed by atoms with Gasteiger partial charge in [-0.3, -0.25) is 10.2 Å². The summed E-state index contributed by atoms with van der Waals surface area (Å²) >= 11 is 0. The van der Waals surface area contributed by atoms with Crippen LogP contribution in [0.15, 0.2) is 34.7 Å². The van der Waals surface area contributed by atoms with E-state index in [0.717, 1.165) is 44.7 Å². The first kappa shape index (κ1) is 17.1. The lowest BCUT2D eigenvalue weighted by molar-refractivity contribution is 0.0244. The fourth-order valence-corrected chi connectivity index (χ4v) is 3.96. The Balaban J connectivity index is 1.49. The molecule has 3 unspecified atom stereocenters. The van der Waals surface area contributed by atoms with Gasteiger partial charge in [0.15, 0.2) is 0 Å². The van der Waals surface area contributed by atoms with E-state index >= 15 is 0 Å². The van der Waals surface area contributed by atoms with E-state index in [-0.39, 0.29) is 11.9 Å². The molecular formula is C20H23FN2O3. The van der Waals surface area contributed by atoms with Crippen LogP contribution in [0, 0.1) is 18.7 Å². The largest absolute Gasteiger partial charge is 0.461 e. The number of aryl methyl sites for hydroxylation is 1. The molecular weight excluding hydrogens is 335 g/mol. The fraction of sp³-hybridized carbons (Fsp3) is 0.450. The average Bonchev–Trinajstić information content (AvgIpc) is 2.81. The molecule has 0 aliphatic carbocycles. The molecule has 3 aliphatic heterocycles. The van der Waals surface area contributed by atoms with E-state index in [2.05, 4.69) is 10.2 Å². The van der Waals surface area contributed by atoms with Crippen LogP contribution in [0.5, 0.6) is 0 Å². The normalized spacial score (nSPS) is 24.9. The van der Waals surface area contributed by atoms with Crippen molar-refractivity contribution in [2.45, 2.75) is 32.3 Å². The highest BCUT2D eigenvalue weighted by molar-refractivity contribution is 5.90. The van der Waals surface area contributed by atoms with Crippen molar-refractivity contribution in [3.63, 3.8) is 0 Å². The Morgan fingerprint density at radius 2 is 2.15 bits per heavy atom. The lowest BCUT2D eigenvalue weighted by Gasteiger charge is -2.34. The Bertz CT molecular complexity index is 800. The van der Waals surface area contributed by atoms with Crippen LogP contribution in [0.1, 0.15) is 25.0 Å². The third kappa shape index (κ3) is 3.60. The Kier molecular flexibility index (Phi) is 4.68. The predicted molar refractivity (Wildman–Crippen MR) is 96.5 cm³/mol. The maximum Gasteiger partial charge on any atom is 0.411 e. The molecule has 5 nitrogen and oxygen atoms in total. The van der Waals surface area contributed by atoms with E-state index in [1.54, 1.807) is 12.1 Å². The molecule has 0 spiro atoms. The fourth-order valence-electron chi connectivity index (χ4n) is 3.96. The number of carbonyl (C=O) groups is 1. The number of fused-ring (bicyclic) bond motifs is 4. The standard InChI is InChI=1S/C20H23FN2O3/c1-13-4-7-18(25-13)16-11-15(21)5-6-17(16)22-20(24)26-19-12-23-9-2-3-14(19)8-10-23/h4-7,11,14,19H,2-3,8-10,12H2,1H3,(H,22,24). The van der Waals surface area contributed by atoms with E-state index in [0.29, 0.717) is 22.9 Å². The second-order valence-corrected chi connectivity index (χ2v) is 7.16. The second-order valence-electron chi connectivity index (χ2n) is 7.16. The quantitative estimate of drug-likeness (QED) is 0.882. The van der Waals surface area contributed by atoms with Crippen molar-refractivity contribution in [3.05, 3.63) is 41.9 Å². The number of halogens is 1. The van der Waals surface area contributed by atoms with Gasteiger partial charge in [-0.25, -0.2) is 9.18 Å². The number of ether oxygens (including phenoxy) is 1. The van der Waals surface area contributed by atoms with E-state index < -0.39 is 6.09 Å². The molecule has 3 fully saturated rings. The third-order valence-corrected chi connectivity index (χ3v) is 5.31. The maximum absolute atomic E-state index is 13.7. The zero-order valence-electron chi connectivity index (χ0n) is 14.8. The van der Waals surface area contributed by atoms with Gasteiger partial charge in [-0.1, -0.05) is 0 Å². The highest BCUT2D eigenvalue weighted by Crippen LogP contribution is 2.32. The van der Waals surface area contributed by atoms with Crippen LogP contribution < -0.4 is 5.32 Å². The zero-order chi connectivity index (χ0) is 18.1. The predicted octanol–water partition coefficient (Wildman–Crippen LogP) is 4.43. The lowest BCUT2D eigenvalue weighted by Crippen LogP contribution is -2.43. The zero-order valence-corrected chi connectivity index (χ0v) is 14.8. The number of piperidine rings is 1. The Morgan fingerprint density at radius 3 is 2.96 bits per heavy atom. The first-order chi connectivity index (χ1) is 12.6. The van der Waals surface area contributed by atoms with E-state index in [9.17, 15) is 9.18 Å². The number of benzene rings is 1.